The lowest BCUT2D eigenvalue weighted by molar-refractivity contribution is -0.470. The van der Waals surface area contributed by atoms with Gasteiger partial charge in [0.2, 0.25) is 6.54 Å². The Kier molecular flexibility index (Phi) is 8.01. The highest BCUT2D eigenvalue weighted by Crippen LogP contribution is 2.33. The summed E-state index contributed by atoms with van der Waals surface area (Å²) in [7, 11) is 3.73. The maximum Gasteiger partial charge on any atom is 0.272 e. The van der Waals surface area contributed by atoms with Gasteiger partial charge in [0.15, 0.2) is 11.5 Å². The Bertz CT molecular complexity index is 832. The van der Waals surface area contributed by atoms with Crippen molar-refractivity contribution in [3.05, 3.63) is 51.7 Å². The van der Waals surface area contributed by atoms with Crippen LogP contribution in [0.3, 0.4) is 0 Å². The molecule has 1 heterocycles. The number of allylic oxidation sites excluding steroid dienone is 3. The van der Waals surface area contributed by atoms with Gasteiger partial charge < -0.3 is 14.4 Å². The molecule has 1 aromatic carbocycles. The summed E-state index contributed by atoms with van der Waals surface area (Å²) in [4.78, 5) is 28.6. The number of aliphatic imine (C=N–C) groups is 1. The largest absolute Gasteiger partial charge is 0.486 e. The maximum atomic E-state index is 12.3. The molecule has 1 amide bonds. The number of hydrogen-bond acceptors (Lipinski definition) is 7. The summed E-state index contributed by atoms with van der Waals surface area (Å²) in [6.45, 7) is 2.35. The minimum atomic E-state index is -0.610. The summed E-state index contributed by atoms with van der Waals surface area (Å²) >= 11 is 0. The predicted octanol–water partition coefficient (Wildman–Crippen LogP) is 1.80. The Labute approximate surface area is 169 Å². The van der Waals surface area contributed by atoms with E-state index in [0.29, 0.717) is 30.4 Å². The first-order valence-electron chi connectivity index (χ1n) is 9.07. The minimum Gasteiger partial charge on any atom is -0.486 e. The normalized spacial score (nSPS) is 13.9. The fourth-order valence-electron chi connectivity index (χ4n) is 2.52. The van der Waals surface area contributed by atoms with Crippen LogP contribution in [0.25, 0.3) is 0 Å². The number of fused-ring (bicyclic) bond motifs is 1. The zero-order valence-electron chi connectivity index (χ0n) is 16.7. The molecule has 0 atom stereocenters. The zero-order valence-corrected chi connectivity index (χ0v) is 16.7. The third-order valence-electron chi connectivity index (χ3n) is 3.99. The Balaban J connectivity index is 1.98. The lowest BCUT2D eigenvalue weighted by atomic mass is 10.2. The van der Waals surface area contributed by atoms with Crippen molar-refractivity contribution in [2.45, 2.75) is 13.3 Å². The van der Waals surface area contributed by atoms with Crippen LogP contribution in [0.1, 0.15) is 13.3 Å². The molecule has 0 fully saturated rings. The summed E-state index contributed by atoms with van der Waals surface area (Å²) in [5.74, 6) is 0.648. The van der Waals surface area contributed by atoms with E-state index in [1.807, 2.05) is 25.9 Å². The molecule has 1 aliphatic heterocycles. The number of nitrogens with one attached hydrogen (secondary N) is 2. The number of nitrogens with zero attached hydrogens (tertiary/aromatic N) is 3. The molecule has 0 aliphatic carbocycles. The van der Waals surface area contributed by atoms with Crippen LogP contribution >= 0.6 is 0 Å². The first-order chi connectivity index (χ1) is 13.9. The van der Waals surface area contributed by atoms with Crippen molar-refractivity contribution in [3.8, 4) is 11.5 Å². The Morgan fingerprint density at radius 1 is 1.28 bits per heavy atom. The van der Waals surface area contributed by atoms with E-state index in [2.05, 4.69) is 15.8 Å². The number of benzene rings is 1. The van der Waals surface area contributed by atoms with Gasteiger partial charge >= 0.3 is 0 Å². The molecule has 0 spiro atoms. The number of hydrazine groups is 1. The minimum absolute atomic E-state index is 0.0167. The van der Waals surface area contributed by atoms with Crippen LogP contribution in [-0.2, 0) is 4.79 Å². The average Bonchev–Trinajstić information content (AvgIpc) is 2.70. The van der Waals surface area contributed by atoms with Gasteiger partial charge in [-0.25, -0.2) is 4.99 Å². The quantitative estimate of drug-likeness (QED) is 0.161. The fourth-order valence-corrected chi connectivity index (χ4v) is 2.52. The molecule has 2 N–H and O–H groups in total. The third kappa shape index (κ3) is 6.83. The van der Waals surface area contributed by atoms with Crippen LogP contribution in [0.2, 0.25) is 0 Å². The van der Waals surface area contributed by atoms with Gasteiger partial charge in [-0.15, -0.1) is 0 Å². The second kappa shape index (κ2) is 10.7. The van der Waals surface area contributed by atoms with Gasteiger partial charge in [-0.2, -0.15) is 0 Å². The summed E-state index contributed by atoms with van der Waals surface area (Å²) in [6.07, 6.45) is 5.16. The van der Waals surface area contributed by atoms with Gasteiger partial charge in [0.25, 0.3) is 5.91 Å². The summed E-state index contributed by atoms with van der Waals surface area (Å²) in [6, 6.07) is 5.20. The molecule has 10 nitrogen and oxygen atoms in total. The second-order valence-corrected chi connectivity index (χ2v) is 6.27. The number of nitro groups is 1. The Morgan fingerprint density at radius 2 is 2.00 bits per heavy atom. The smallest absolute Gasteiger partial charge is 0.272 e. The topological polar surface area (TPSA) is 118 Å². The molecule has 0 bridgehead atoms. The summed E-state index contributed by atoms with van der Waals surface area (Å²) < 4.78 is 10.9. The van der Waals surface area contributed by atoms with Gasteiger partial charge in [0, 0.05) is 30.8 Å². The number of hydrogen-bond donors (Lipinski definition) is 2. The Hall–Kier alpha value is -3.56. The van der Waals surface area contributed by atoms with E-state index in [1.54, 1.807) is 24.3 Å². The lowest BCUT2D eigenvalue weighted by Gasteiger charge is -2.18. The van der Waals surface area contributed by atoms with E-state index >= 15 is 0 Å². The average molecular weight is 403 g/mol. The van der Waals surface area contributed by atoms with Crippen LogP contribution in [0, 0.1) is 10.1 Å². The van der Waals surface area contributed by atoms with Gasteiger partial charge in [-0.3, -0.25) is 25.8 Å². The molecule has 156 valence electrons. The number of amides is 1. The van der Waals surface area contributed by atoms with E-state index in [-0.39, 0.29) is 5.57 Å². The third-order valence-corrected chi connectivity index (χ3v) is 3.99. The van der Waals surface area contributed by atoms with Crippen molar-refractivity contribution in [1.29, 1.82) is 0 Å². The first kappa shape index (κ1) is 21.7. The second-order valence-electron chi connectivity index (χ2n) is 6.27. The van der Waals surface area contributed by atoms with E-state index in [0.717, 1.165) is 12.1 Å². The predicted molar refractivity (Wildman–Crippen MR) is 109 cm³/mol. The number of carbonyl (C=O) groups excluding carboxylic acids is 1. The summed E-state index contributed by atoms with van der Waals surface area (Å²) in [5, 5.41) is 10.9. The van der Waals surface area contributed by atoms with E-state index in [1.165, 1.54) is 12.4 Å². The van der Waals surface area contributed by atoms with Crippen molar-refractivity contribution in [2.75, 3.05) is 33.9 Å². The zero-order chi connectivity index (χ0) is 21.2. The van der Waals surface area contributed by atoms with Gasteiger partial charge in [0.1, 0.15) is 19.6 Å². The van der Waals surface area contributed by atoms with Crippen LogP contribution in [0.4, 0.5) is 5.69 Å². The van der Waals surface area contributed by atoms with Crippen molar-refractivity contribution >= 4 is 17.9 Å². The molecule has 0 radical (unpaired) electrons. The maximum absolute atomic E-state index is 12.3. The van der Waals surface area contributed by atoms with Gasteiger partial charge in [-0.05, 0) is 30.7 Å². The van der Waals surface area contributed by atoms with E-state index in [9.17, 15) is 14.9 Å². The monoisotopic (exact) mass is 403 g/mol. The van der Waals surface area contributed by atoms with Crippen LogP contribution in [-0.4, -0.2) is 55.9 Å². The standard InChI is InChI=1S/C19H25N5O5/c1-4-16(23(2)3)7-5-14(12-24(26)27)19(25)22-21-13-20-15-6-8-17-18(11-15)29-10-9-28-17/h5-8,11,13H,4,9-10,12H2,1-3H3,(H,20,21)(H,22,25)/b14-5+,16-7+. The molecule has 1 aliphatic rings. The first-order valence-corrected chi connectivity index (χ1v) is 9.07. The highest BCUT2D eigenvalue weighted by Gasteiger charge is 2.14. The molecular formula is C19H25N5O5. The van der Waals surface area contributed by atoms with Crippen LogP contribution < -0.4 is 20.3 Å². The molecule has 10 heteroatoms. The number of rotatable bonds is 9. The van der Waals surface area contributed by atoms with Crippen molar-refractivity contribution < 1.29 is 19.2 Å². The van der Waals surface area contributed by atoms with Crippen molar-refractivity contribution in [2.24, 2.45) is 4.99 Å². The molecule has 0 aromatic heterocycles. The molecular weight excluding hydrogens is 378 g/mol. The lowest BCUT2D eigenvalue weighted by Crippen LogP contribution is -2.38. The number of ether oxygens (including phenoxy) is 2. The van der Waals surface area contributed by atoms with E-state index in [4.69, 9.17) is 9.47 Å². The van der Waals surface area contributed by atoms with Crippen molar-refractivity contribution in [1.82, 2.24) is 15.8 Å². The van der Waals surface area contributed by atoms with Crippen LogP contribution in [0.15, 0.2) is 46.6 Å². The SMILES string of the molecule is CC/C(=C\C=C(/C[N+](=O)[O-])C(=O)NNC=Nc1ccc2c(c1)OCCO2)N(C)C. The molecule has 0 unspecified atom stereocenters. The van der Waals surface area contributed by atoms with Gasteiger partial charge in [-0.1, -0.05) is 6.92 Å². The number of carbonyl (C=O) groups is 1. The molecule has 0 saturated carbocycles. The molecule has 29 heavy (non-hydrogen) atoms. The Morgan fingerprint density at radius 3 is 2.66 bits per heavy atom. The molecule has 2 rings (SSSR count). The van der Waals surface area contributed by atoms with Crippen LogP contribution in [0.5, 0.6) is 11.5 Å². The molecule has 1 aromatic rings. The highest BCUT2D eigenvalue weighted by atomic mass is 16.6. The van der Waals surface area contributed by atoms with E-state index < -0.39 is 17.4 Å². The molecule has 0 saturated heterocycles. The summed E-state index contributed by atoms with van der Waals surface area (Å²) in [5.41, 5.74) is 6.47. The fraction of sp³-hybridized carbons (Fsp3) is 0.368. The van der Waals surface area contributed by atoms with Gasteiger partial charge in [0.05, 0.1) is 11.3 Å². The highest BCUT2D eigenvalue weighted by molar-refractivity contribution is 5.94. The van der Waals surface area contributed by atoms with Crippen molar-refractivity contribution in [3.63, 3.8) is 0 Å².